The van der Waals surface area contributed by atoms with E-state index in [-0.39, 0.29) is 22.5 Å². The van der Waals surface area contributed by atoms with Gasteiger partial charge in [-0.05, 0) is 28.8 Å². The number of hydrogen-bond acceptors (Lipinski definition) is 5. The smallest absolute Gasteiger partial charge is 0.324 e. The number of aromatic nitrogens is 3. The number of carbonyl (C=O) groups is 1. The zero-order valence-electron chi connectivity index (χ0n) is 8.71. The van der Waals surface area contributed by atoms with Crippen LogP contribution in [0.5, 0.6) is 0 Å². The third kappa shape index (κ3) is 2.07. The summed E-state index contributed by atoms with van der Waals surface area (Å²) in [5, 5.41) is 15.8. The molecule has 2 N–H and O–H groups in total. The van der Waals surface area contributed by atoms with Crippen LogP contribution in [0, 0.1) is 0 Å². The predicted molar refractivity (Wildman–Crippen MR) is 58.6 cm³/mol. The maximum absolute atomic E-state index is 12.0. The summed E-state index contributed by atoms with van der Waals surface area (Å²) in [6.07, 6.45) is 0.564. The van der Waals surface area contributed by atoms with Crippen molar-refractivity contribution in [3.8, 4) is 0 Å². The van der Waals surface area contributed by atoms with E-state index in [1.807, 2.05) is 0 Å². The van der Waals surface area contributed by atoms with Gasteiger partial charge in [0.15, 0.2) is 4.60 Å². The van der Waals surface area contributed by atoms with Crippen LogP contribution < -0.4 is 4.72 Å². The molecule has 1 saturated carbocycles. The van der Waals surface area contributed by atoms with Crippen molar-refractivity contribution in [3.63, 3.8) is 0 Å². The van der Waals surface area contributed by atoms with Gasteiger partial charge in [-0.1, -0.05) is 5.21 Å². The number of rotatable bonds is 4. The minimum absolute atomic E-state index is 0.0497. The van der Waals surface area contributed by atoms with Gasteiger partial charge >= 0.3 is 5.97 Å². The number of nitrogens with zero attached hydrogens (tertiary/aromatic N) is 3. The molecular formula is C7H9BrN4O4S. The topological polar surface area (TPSA) is 114 Å². The van der Waals surface area contributed by atoms with E-state index in [4.69, 9.17) is 5.11 Å². The van der Waals surface area contributed by atoms with Gasteiger partial charge < -0.3 is 5.11 Å². The number of hydrogen-bond donors (Lipinski definition) is 2. The van der Waals surface area contributed by atoms with Crippen LogP contribution in [0.3, 0.4) is 0 Å². The molecule has 8 nitrogen and oxygen atoms in total. The lowest BCUT2D eigenvalue weighted by Gasteiger charge is -2.12. The fourth-order valence-corrected chi connectivity index (χ4v) is 3.91. The average Bonchev–Trinajstić information content (AvgIpc) is 2.87. The molecule has 94 valence electrons. The molecule has 0 aromatic carbocycles. The Labute approximate surface area is 105 Å². The van der Waals surface area contributed by atoms with E-state index in [9.17, 15) is 13.2 Å². The largest absolute Gasteiger partial charge is 0.480 e. The zero-order valence-corrected chi connectivity index (χ0v) is 11.1. The second-order valence-corrected chi connectivity index (χ2v) is 6.15. The van der Waals surface area contributed by atoms with Gasteiger partial charge in [-0.3, -0.25) is 4.79 Å². The van der Waals surface area contributed by atoms with E-state index in [2.05, 4.69) is 31.0 Å². The van der Waals surface area contributed by atoms with E-state index in [0.717, 1.165) is 4.68 Å². The number of carboxylic acids is 1. The van der Waals surface area contributed by atoms with Crippen molar-refractivity contribution in [2.45, 2.75) is 23.4 Å². The van der Waals surface area contributed by atoms with Crippen LogP contribution in [0.25, 0.3) is 0 Å². The lowest BCUT2D eigenvalue weighted by atomic mass is 10.3. The summed E-state index contributed by atoms with van der Waals surface area (Å²) in [6, 6.07) is 0. The van der Waals surface area contributed by atoms with Crippen LogP contribution >= 0.6 is 15.9 Å². The maximum atomic E-state index is 12.0. The van der Waals surface area contributed by atoms with Gasteiger partial charge in [-0.25, -0.2) is 13.1 Å². The summed E-state index contributed by atoms with van der Waals surface area (Å²) >= 11 is 2.96. The first-order valence-corrected chi connectivity index (χ1v) is 6.89. The van der Waals surface area contributed by atoms with Gasteiger partial charge in [0.05, 0.1) is 0 Å². The van der Waals surface area contributed by atoms with Crippen LogP contribution in [0.2, 0.25) is 0 Å². The van der Waals surface area contributed by atoms with Gasteiger partial charge in [0.1, 0.15) is 5.54 Å². The van der Waals surface area contributed by atoms with Gasteiger partial charge in [-0.2, -0.15) is 4.72 Å². The lowest BCUT2D eigenvalue weighted by molar-refractivity contribution is -0.140. The van der Waals surface area contributed by atoms with Crippen molar-refractivity contribution < 1.29 is 18.3 Å². The maximum Gasteiger partial charge on any atom is 0.324 e. The number of halogens is 1. The summed E-state index contributed by atoms with van der Waals surface area (Å²) in [5.74, 6) is -1.17. The third-order valence-electron chi connectivity index (χ3n) is 2.48. The number of aryl methyl sites for hydroxylation is 1. The minimum Gasteiger partial charge on any atom is -0.480 e. The molecule has 0 amide bonds. The van der Waals surface area contributed by atoms with Crippen molar-refractivity contribution in [3.05, 3.63) is 4.60 Å². The molecule has 0 radical (unpaired) electrons. The highest BCUT2D eigenvalue weighted by Crippen LogP contribution is 2.37. The second-order valence-electron chi connectivity index (χ2n) is 3.80. The van der Waals surface area contributed by atoms with Crippen LogP contribution in [-0.4, -0.2) is 40.0 Å². The predicted octanol–water partition coefficient (Wildman–Crippen LogP) is -0.527. The van der Waals surface area contributed by atoms with Crippen molar-refractivity contribution in [2.75, 3.05) is 0 Å². The Hall–Kier alpha value is -1.00. The Morgan fingerprint density at radius 2 is 2.18 bits per heavy atom. The fraction of sp³-hybridized carbons (Fsp3) is 0.571. The summed E-state index contributed by atoms with van der Waals surface area (Å²) in [7, 11) is -2.55. The molecule has 0 saturated heterocycles. The van der Waals surface area contributed by atoms with E-state index in [1.54, 1.807) is 0 Å². The number of sulfonamides is 1. The molecule has 1 aromatic rings. The molecule has 0 atom stereocenters. The fourth-order valence-electron chi connectivity index (χ4n) is 1.40. The first kappa shape index (κ1) is 12.5. The molecule has 0 aliphatic heterocycles. The molecule has 1 aromatic heterocycles. The third-order valence-corrected chi connectivity index (χ3v) is 4.90. The normalized spacial score (nSPS) is 18.0. The first-order valence-electron chi connectivity index (χ1n) is 4.61. The Morgan fingerprint density at radius 1 is 1.59 bits per heavy atom. The van der Waals surface area contributed by atoms with Crippen molar-refractivity contribution in [2.24, 2.45) is 7.05 Å². The van der Waals surface area contributed by atoms with Crippen LogP contribution in [0.15, 0.2) is 9.63 Å². The molecule has 17 heavy (non-hydrogen) atoms. The highest BCUT2D eigenvalue weighted by molar-refractivity contribution is 9.10. The molecular weight excluding hydrogens is 316 g/mol. The highest BCUT2D eigenvalue weighted by Gasteiger charge is 2.53. The van der Waals surface area contributed by atoms with E-state index < -0.39 is 21.5 Å². The molecule has 2 rings (SSSR count). The molecule has 0 bridgehead atoms. The number of aliphatic carboxylic acids is 1. The Morgan fingerprint density at radius 3 is 2.53 bits per heavy atom. The Bertz CT molecular complexity index is 557. The second kappa shape index (κ2) is 3.75. The summed E-state index contributed by atoms with van der Waals surface area (Å²) in [6.45, 7) is 0. The molecule has 1 aliphatic rings. The van der Waals surface area contributed by atoms with Gasteiger partial charge in [0, 0.05) is 7.05 Å². The van der Waals surface area contributed by atoms with E-state index >= 15 is 0 Å². The molecule has 10 heteroatoms. The summed E-state index contributed by atoms with van der Waals surface area (Å²) < 4.78 is 27.3. The van der Waals surface area contributed by atoms with E-state index in [0.29, 0.717) is 0 Å². The summed E-state index contributed by atoms with van der Waals surface area (Å²) in [5.41, 5.74) is -1.37. The quantitative estimate of drug-likeness (QED) is 0.769. The molecule has 1 aliphatic carbocycles. The standard InChI is InChI=1S/C7H9BrN4O4S/c1-12-5(4(8)9-11-12)17(15,16)10-7(2-3-7)6(13)14/h10H,2-3H2,1H3,(H,13,14). The monoisotopic (exact) mass is 324 g/mol. The SMILES string of the molecule is Cn1nnc(Br)c1S(=O)(=O)NC1(C(=O)O)CC1. The lowest BCUT2D eigenvalue weighted by Crippen LogP contribution is -2.43. The van der Waals surface area contributed by atoms with Crippen molar-refractivity contribution in [1.29, 1.82) is 0 Å². The number of nitrogens with one attached hydrogen (secondary N) is 1. The highest BCUT2D eigenvalue weighted by atomic mass is 79.9. The summed E-state index contributed by atoms with van der Waals surface area (Å²) in [4.78, 5) is 10.9. The van der Waals surface area contributed by atoms with Gasteiger partial charge in [0.2, 0.25) is 5.03 Å². The minimum atomic E-state index is -3.96. The Balaban J connectivity index is 2.36. The van der Waals surface area contributed by atoms with E-state index in [1.165, 1.54) is 7.05 Å². The first-order chi connectivity index (χ1) is 7.78. The van der Waals surface area contributed by atoms with Crippen LogP contribution in [0.1, 0.15) is 12.8 Å². The number of carboxylic acid groups (broad SMARTS) is 1. The molecule has 1 heterocycles. The van der Waals surface area contributed by atoms with Gasteiger partial charge in [-0.15, -0.1) is 5.10 Å². The molecule has 0 spiro atoms. The van der Waals surface area contributed by atoms with Gasteiger partial charge in [0.25, 0.3) is 10.0 Å². The zero-order chi connectivity index (χ0) is 12.8. The van der Waals surface area contributed by atoms with Crippen molar-refractivity contribution in [1.82, 2.24) is 19.7 Å². The Kier molecular flexibility index (Phi) is 2.75. The van der Waals surface area contributed by atoms with Crippen molar-refractivity contribution >= 4 is 31.9 Å². The van der Waals surface area contributed by atoms with Crippen LogP contribution in [-0.2, 0) is 21.9 Å². The average molecular weight is 325 g/mol. The molecule has 0 unspecified atom stereocenters. The van der Waals surface area contributed by atoms with Crippen LogP contribution in [0.4, 0.5) is 0 Å². The molecule has 1 fully saturated rings.